The van der Waals surface area contributed by atoms with E-state index in [1.807, 2.05) is 0 Å². The molecule has 8 heteroatoms. The van der Waals surface area contributed by atoms with Crippen LogP contribution in [0.3, 0.4) is 0 Å². The number of fused-ring (bicyclic) bond motifs is 1. The van der Waals surface area contributed by atoms with Gasteiger partial charge in [0.05, 0.1) is 5.41 Å². The van der Waals surface area contributed by atoms with Gasteiger partial charge in [0.1, 0.15) is 5.92 Å². The number of hydrogen-bond donors (Lipinski definition) is 2. The Kier molecular flexibility index (Phi) is 5.45. The van der Waals surface area contributed by atoms with E-state index in [9.17, 15) is 28.3 Å². The Labute approximate surface area is 157 Å². The topological polar surface area (TPSA) is 101 Å². The fourth-order valence-electron chi connectivity index (χ4n) is 5.38. The summed E-state index contributed by atoms with van der Waals surface area (Å²) in [6, 6.07) is -0.00211. The van der Waals surface area contributed by atoms with Crippen molar-refractivity contribution in [3.8, 4) is 0 Å². The van der Waals surface area contributed by atoms with Gasteiger partial charge in [0.25, 0.3) is 0 Å². The molecule has 0 aromatic heterocycles. The minimum absolute atomic E-state index is 0.00211. The van der Waals surface area contributed by atoms with Crippen LogP contribution in [0.25, 0.3) is 0 Å². The minimum atomic E-state index is -2.97. The molecule has 27 heavy (non-hydrogen) atoms. The highest BCUT2D eigenvalue weighted by Gasteiger charge is 2.58. The zero-order chi connectivity index (χ0) is 19.8. The molecule has 1 heterocycles. The summed E-state index contributed by atoms with van der Waals surface area (Å²) in [5.74, 6) is -7.18. The van der Waals surface area contributed by atoms with Crippen LogP contribution in [0.1, 0.15) is 64.2 Å². The summed E-state index contributed by atoms with van der Waals surface area (Å²) in [5.41, 5.74) is 3.66. The van der Waals surface area contributed by atoms with E-state index in [0.29, 0.717) is 12.5 Å². The molecule has 152 valence electrons. The quantitative estimate of drug-likeness (QED) is 0.725. The number of nitrogens with two attached hydrogens (primary N) is 1. The van der Waals surface area contributed by atoms with E-state index in [2.05, 4.69) is 0 Å². The van der Waals surface area contributed by atoms with Gasteiger partial charge in [-0.05, 0) is 44.4 Å². The van der Waals surface area contributed by atoms with Crippen molar-refractivity contribution in [2.75, 3.05) is 6.54 Å². The number of carboxylic acid groups (broad SMARTS) is 1. The van der Waals surface area contributed by atoms with Crippen molar-refractivity contribution in [2.24, 2.45) is 23.0 Å². The van der Waals surface area contributed by atoms with Crippen LogP contribution in [0, 0.1) is 17.3 Å². The normalized spacial score (nSPS) is 30.8. The molecule has 6 nitrogen and oxygen atoms in total. The number of piperidine rings is 1. The molecule has 3 N–H and O–H groups in total. The molecule has 0 spiro atoms. The molecule has 0 aromatic carbocycles. The fourth-order valence-corrected chi connectivity index (χ4v) is 5.38. The smallest absolute Gasteiger partial charge is 0.310 e. The van der Waals surface area contributed by atoms with Crippen molar-refractivity contribution in [3.05, 3.63) is 0 Å². The van der Waals surface area contributed by atoms with Crippen LogP contribution in [0.2, 0.25) is 0 Å². The molecule has 0 radical (unpaired) electrons. The number of likely N-dealkylation sites (tertiary alicyclic amines) is 1. The summed E-state index contributed by atoms with van der Waals surface area (Å²) in [5, 5.41) is 9.83. The van der Waals surface area contributed by atoms with Gasteiger partial charge in [0.2, 0.25) is 17.7 Å². The number of carbonyl (C=O) groups is 3. The first-order valence-corrected chi connectivity index (χ1v) is 9.89. The number of hydrogen-bond acceptors (Lipinski definition) is 3. The number of amides is 2. The number of aliphatic carboxylic acids is 1. The Morgan fingerprint density at radius 2 is 1.59 bits per heavy atom. The average molecular weight is 386 g/mol. The zero-order valence-corrected chi connectivity index (χ0v) is 15.5. The van der Waals surface area contributed by atoms with Gasteiger partial charge in [0.15, 0.2) is 0 Å². The number of carbonyl (C=O) groups excluding carboxylic acids is 2. The first-order valence-electron chi connectivity index (χ1n) is 9.89. The van der Waals surface area contributed by atoms with Crippen molar-refractivity contribution in [1.29, 1.82) is 0 Å². The lowest BCUT2D eigenvalue weighted by Gasteiger charge is -2.47. The second-order valence-electron chi connectivity index (χ2n) is 8.44. The number of rotatable bonds is 4. The van der Waals surface area contributed by atoms with Crippen molar-refractivity contribution in [3.63, 3.8) is 0 Å². The lowest BCUT2D eigenvalue weighted by atomic mass is 9.63. The first-order chi connectivity index (χ1) is 12.7. The maximum atomic E-state index is 13.6. The Morgan fingerprint density at radius 1 is 1.00 bits per heavy atom. The summed E-state index contributed by atoms with van der Waals surface area (Å²) in [7, 11) is 0. The summed E-state index contributed by atoms with van der Waals surface area (Å²) in [6.07, 6.45) is 3.63. The lowest BCUT2D eigenvalue weighted by molar-refractivity contribution is -0.174. The highest BCUT2D eigenvalue weighted by Crippen LogP contribution is 2.49. The van der Waals surface area contributed by atoms with Crippen molar-refractivity contribution >= 4 is 17.8 Å². The van der Waals surface area contributed by atoms with Crippen LogP contribution >= 0.6 is 0 Å². The third kappa shape index (κ3) is 3.67. The summed E-state index contributed by atoms with van der Waals surface area (Å²) >= 11 is 0. The fraction of sp³-hybridized carbons (Fsp3) is 0.842. The van der Waals surface area contributed by atoms with Crippen molar-refractivity contribution in [1.82, 2.24) is 4.90 Å². The maximum absolute atomic E-state index is 13.6. The molecular formula is C19H28F2N2O4. The summed E-state index contributed by atoms with van der Waals surface area (Å²) < 4.78 is 27.3. The zero-order valence-electron chi connectivity index (χ0n) is 15.5. The molecule has 3 atom stereocenters. The van der Waals surface area contributed by atoms with E-state index in [0.717, 1.165) is 38.5 Å². The lowest BCUT2D eigenvalue weighted by Crippen LogP contribution is -2.59. The van der Waals surface area contributed by atoms with Crippen LogP contribution in [-0.4, -0.2) is 46.3 Å². The van der Waals surface area contributed by atoms with Gasteiger partial charge in [0, 0.05) is 25.4 Å². The average Bonchev–Trinajstić information content (AvgIpc) is 2.62. The Bertz CT molecular complexity index is 613. The molecule has 0 bridgehead atoms. The van der Waals surface area contributed by atoms with Crippen LogP contribution in [0.5, 0.6) is 0 Å². The van der Waals surface area contributed by atoms with Crippen LogP contribution in [-0.2, 0) is 14.4 Å². The van der Waals surface area contributed by atoms with Gasteiger partial charge < -0.3 is 15.7 Å². The molecule has 1 aliphatic heterocycles. The predicted molar refractivity (Wildman–Crippen MR) is 92.9 cm³/mol. The Balaban J connectivity index is 1.90. The van der Waals surface area contributed by atoms with Crippen LogP contribution in [0.4, 0.5) is 8.78 Å². The highest BCUT2D eigenvalue weighted by atomic mass is 19.3. The Hall–Kier alpha value is -1.73. The second-order valence-corrected chi connectivity index (χ2v) is 8.44. The van der Waals surface area contributed by atoms with E-state index in [4.69, 9.17) is 5.73 Å². The molecule has 1 saturated heterocycles. The van der Waals surface area contributed by atoms with E-state index < -0.39 is 60.7 Å². The van der Waals surface area contributed by atoms with Crippen LogP contribution in [0.15, 0.2) is 0 Å². The standard InChI is InChI=1S/C19H28F2N2O4/c20-19(21)9-7-18(8-10-19,17(26)27)14(15(22)24)16(25)23-11-3-5-12-4-1-2-6-13(12)23/h12-14H,1-11H2,(H2,22,24)(H,26,27). The van der Waals surface area contributed by atoms with Gasteiger partial charge in [-0.3, -0.25) is 14.4 Å². The van der Waals surface area contributed by atoms with Gasteiger partial charge in [-0.25, -0.2) is 8.78 Å². The van der Waals surface area contributed by atoms with Crippen LogP contribution < -0.4 is 5.73 Å². The monoisotopic (exact) mass is 386 g/mol. The number of halogens is 2. The first kappa shape index (κ1) is 20.0. The number of primary amides is 1. The molecule has 3 unspecified atom stereocenters. The van der Waals surface area contributed by atoms with E-state index >= 15 is 0 Å². The summed E-state index contributed by atoms with van der Waals surface area (Å²) in [4.78, 5) is 39.3. The summed E-state index contributed by atoms with van der Waals surface area (Å²) in [6.45, 7) is 0.468. The molecule has 3 rings (SSSR count). The molecular weight excluding hydrogens is 358 g/mol. The number of carboxylic acids is 1. The maximum Gasteiger partial charge on any atom is 0.310 e. The largest absolute Gasteiger partial charge is 0.481 e. The predicted octanol–water partition coefficient (Wildman–Crippen LogP) is 2.55. The molecule has 2 aliphatic carbocycles. The van der Waals surface area contributed by atoms with Gasteiger partial charge in [-0.15, -0.1) is 0 Å². The van der Waals surface area contributed by atoms with Crippen molar-refractivity contribution in [2.45, 2.75) is 76.2 Å². The van der Waals surface area contributed by atoms with Crippen molar-refractivity contribution < 1.29 is 28.3 Å². The third-order valence-electron chi connectivity index (χ3n) is 6.91. The molecule has 3 aliphatic rings. The van der Waals surface area contributed by atoms with E-state index in [-0.39, 0.29) is 6.04 Å². The third-order valence-corrected chi connectivity index (χ3v) is 6.91. The van der Waals surface area contributed by atoms with Gasteiger partial charge >= 0.3 is 5.97 Å². The van der Waals surface area contributed by atoms with E-state index in [1.54, 1.807) is 4.90 Å². The Morgan fingerprint density at radius 3 is 2.19 bits per heavy atom. The molecule has 2 amide bonds. The second kappa shape index (κ2) is 7.36. The molecule has 0 aromatic rings. The molecule has 2 saturated carbocycles. The number of alkyl halides is 2. The van der Waals surface area contributed by atoms with Gasteiger partial charge in [-0.1, -0.05) is 12.8 Å². The highest BCUT2D eigenvalue weighted by molar-refractivity contribution is 6.04. The van der Waals surface area contributed by atoms with Gasteiger partial charge in [-0.2, -0.15) is 0 Å². The molecule has 3 fully saturated rings. The minimum Gasteiger partial charge on any atom is -0.481 e. The van der Waals surface area contributed by atoms with E-state index in [1.165, 1.54) is 0 Å². The number of nitrogens with zero attached hydrogens (tertiary/aromatic N) is 1. The SMILES string of the molecule is NC(=O)C(C(=O)N1CCCC2CCCCC21)C1(C(=O)O)CCC(F)(F)CC1.